The Morgan fingerprint density at radius 2 is 2.00 bits per heavy atom. The minimum atomic E-state index is -0.230. The maximum Gasteiger partial charge on any atom is 0.0963 e. The van der Waals surface area contributed by atoms with E-state index < -0.39 is 0 Å². The van der Waals surface area contributed by atoms with E-state index >= 15 is 0 Å². The lowest BCUT2D eigenvalue weighted by atomic mass is 9.81. The molecule has 3 rings (SSSR count). The van der Waals surface area contributed by atoms with Crippen molar-refractivity contribution >= 4 is 11.3 Å². The highest BCUT2D eigenvalue weighted by Crippen LogP contribution is 2.42. The van der Waals surface area contributed by atoms with E-state index in [4.69, 9.17) is 4.98 Å². The predicted octanol–water partition coefficient (Wildman–Crippen LogP) is 4.20. The van der Waals surface area contributed by atoms with Gasteiger partial charge in [-0.3, -0.25) is 0 Å². The molecule has 2 aliphatic carbocycles. The van der Waals surface area contributed by atoms with E-state index in [-0.39, 0.29) is 6.10 Å². The van der Waals surface area contributed by atoms with Crippen molar-refractivity contribution in [1.82, 2.24) is 4.98 Å². The summed E-state index contributed by atoms with van der Waals surface area (Å²) in [6, 6.07) is 0. The maximum absolute atomic E-state index is 10.0. The Morgan fingerprint density at radius 1 is 1.22 bits per heavy atom. The Kier molecular flexibility index (Phi) is 3.71. The number of fused-ring (bicyclic) bond motifs is 1. The summed E-state index contributed by atoms with van der Waals surface area (Å²) in [5.74, 6) is 1.62. The lowest BCUT2D eigenvalue weighted by molar-refractivity contribution is 0.160. The van der Waals surface area contributed by atoms with E-state index in [1.54, 1.807) is 11.3 Å². The predicted molar refractivity (Wildman–Crippen MR) is 75.0 cm³/mol. The first kappa shape index (κ1) is 12.6. The van der Waals surface area contributed by atoms with E-state index in [1.807, 2.05) is 0 Å². The second kappa shape index (κ2) is 5.30. The fourth-order valence-electron chi connectivity index (χ4n) is 3.41. The Morgan fingerprint density at radius 3 is 2.67 bits per heavy atom. The van der Waals surface area contributed by atoms with Crippen molar-refractivity contribution in [2.45, 2.75) is 70.3 Å². The zero-order chi connectivity index (χ0) is 12.5. The van der Waals surface area contributed by atoms with E-state index in [1.165, 1.54) is 47.7 Å². The third-order valence-corrected chi connectivity index (χ3v) is 6.07. The zero-order valence-corrected chi connectivity index (χ0v) is 12.0. The van der Waals surface area contributed by atoms with Crippen LogP contribution in [0.4, 0.5) is 0 Å². The van der Waals surface area contributed by atoms with Gasteiger partial charge in [0.2, 0.25) is 0 Å². The quantitative estimate of drug-likeness (QED) is 0.869. The van der Waals surface area contributed by atoms with Gasteiger partial charge in [-0.15, -0.1) is 11.3 Å². The van der Waals surface area contributed by atoms with Crippen LogP contribution in [0.1, 0.15) is 79.5 Å². The van der Waals surface area contributed by atoms with Crippen LogP contribution in [0.15, 0.2) is 0 Å². The lowest BCUT2D eigenvalue weighted by Gasteiger charge is -2.26. The van der Waals surface area contributed by atoms with E-state index in [9.17, 15) is 5.11 Å². The van der Waals surface area contributed by atoms with Crippen LogP contribution in [0.3, 0.4) is 0 Å². The first-order valence-electron chi connectivity index (χ1n) is 7.45. The van der Waals surface area contributed by atoms with Crippen LogP contribution in [0, 0.1) is 5.92 Å². The van der Waals surface area contributed by atoms with Crippen LogP contribution in [0.25, 0.3) is 0 Å². The van der Waals surface area contributed by atoms with Crippen LogP contribution < -0.4 is 0 Å². The van der Waals surface area contributed by atoms with E-state index in [2.05, 4.69) is 6.92 Å². The molecule has 1 fully saturated rings. The minimum Gasteiger partial charge on any atom is -0.388 e. The Bertz CT molecular complexity index is 407. The summed E-state index contributed by atoms with van der Waals surface area (Å²) in [6.45, 7) is 2.31. The average molecular weight is 265 g/mol. The van der Waals surface area contributed by atoms with Crippen LogP contribution in [0.2, 0.25) is 0 Å². The SMILES string of the molecule is CCC1CCC(c2nc3c(s2)C(O)CCC3)CC1. The molecule has 0 radical (unpaired) electrons. The first-order valence-corrected chi connectivity index (χ1v) is 8.27. The van der Waals surface area contributed by atoms with Crippen molar-refractivity contribution in [3.05, 3.63) is 15.6 Å². The van der Waals surface area contributed by atoms with Gasteiger partial charge in [-0.05, 0) is 50.9 Å². The topological polar surface area (TPSA) is 33.1 Å². The molecule has 18 heavy (non-hydrogen) atoms. The highest BCUT2D eigenvalue weighted by molar-refractivity contribution is 7.11. The number of hydrogen-bond acceptors (Lipinski definition) is 3. The molecule has 1 aromatic heterocycles. The van der Waals surface area contributed by atoms with Crippen molar-refractivity contribution in [3.63, 3.8) is 0 Å². The van der Waals surface area contributed by atoms with Gasteiger partial charge in [0.1, 0.15) is 0 Å². The maximum atomic E-state index is 10.0. The highest BCUT2D eigenvalue weighted by atomic mass is 32.1. The number of aliphatic hydroxyl groups is 1. The fourth-order valence-corrected chi connectivity index (χ4v) is 4.71. The van der Waals surface area contributed by atoms with Crippen molar-refractivity contribution in [3.8, 4) is 0 Å². The number of thiazole rings is 1. The van der Waals surface area contributed by atoms with Gasteiger partial charge in [0, 0.05) is 5.92 Å². The standard InChI is InChI=1S/C15H23NOS/c1-2-10-6-8-11(9-7-10)15-16-12-4-3-5-13(17)14(12)18-15/h10-11,13,17H,2-9H2,1H3. The Balaban J connectivity index is 1.74. The van der Waals surface area contributed by atoms with Gasteiger partial charge in [0.05, 0.1) is 21.7 Å². The van der Waals surface area contributed by atoms with Crippen LogP contribution in [0.5, 0.6) is 0 Å². The molecule has 1 heterocycles. The fraction of sp³-hybridized carbons (Fsp3) is 0.800. The molecule has 0 aliphatic heterocycles. The van der Waals surface area contributed by atoms with Crippen LogP contribution >= 0.6 is 11.3 Å². The Hall–Kier alpha value is -0.410. The van der Waals surface area contributed by atoms with E-state index in [0.29, 0.717) is 5.92 Å². The molecule has 0 spiro atoms. The second-order valence-corrected chi connectivity index (χ2v) is 6.96. The van der Waals surface area contributed by atoms with Crippen molar-refractivity contribution in [1.29, 1.82) is 0 Å². The summed E-state index contributed by atoms with van der Waals surface area (Å²) in [4.78, 5) is 6.01. The lowest BCUT2D eigenvalue weighted by Crippen LogP contribution is -2.12. The van der Waals surface area contributed by atoms with Gasteiger partial charge in [-0.1, -0.05) is 13.3 Å². The minimum absolute atomic E-state index is 0.230. The molecular weight excluding hydrogens is 242 g/mol. The largest absolute Gasteiger partial charge is 0.388 e. The van der Waals surface area contributed by atoms with E-state index in [0.717, 1.165) is 25.2 Å². The zero-order valence-electron chi connectivity index (χ0n) is 11.2. The number of aromatic nitrogens is 1. The van der Waals surface area contributed by atoms with Crippen molar-refractivity contribution < 1.29 is 5.11 Å². The molecule has 1 unspecified atom stereocenters. The Labute approximate surface area is 113 Å². The normalized spacial score (nSPS) is 32.2. The van der Waals surface area contributed by atoms with Crippen LogP contribution in [-0.4, -0.2) is 10.1 Å². The van der Waals surface area contributed by atoms with Gasteiger partial charge < -0.3 is 5.11 Å². The molecule has 0 saturated heterocycles. The molecule has 2 aliphatic rings. The molecular formula is C15H23NOS. The highest BCUT2D eigenvalue weighted by Gasteiger charge is 2.28. The molecule has 1 aromatic rings. The molecule has 2 nitrogen and oxygen atoms in total. The second-order valence-electron chi connectivity index (χ2n) is 5.90. The summed E-state index contributed by atoms with van der Waals surface area (Å²) in [6.07, 6.45) is 9.56. The number of nitrogens with zero attached hydrogens (tertiary/aromatic N) is 1. The summed E-state index contributed by atoms with van der Waals surface area (Å²) < 4.78 is 0. The average Bonchev–Trinajstić information content (AvgIpc) is 2.84. The molecule has 1 atom stereocenters. The van der Waals surface area contributed by atoms with Gasteiger partial charge >= 0.3 is 0 Å². The monoisotopic (exact) mass is 265 g/mol. The number of rotatable bonds is 2. The third kappa shape index (κ3) is 2.35. The van der Waals surface area contributed by atoms with Gasteiger partial charge in [0.25, 0.3) is 0 Å². The number of aryl methyl sites for hydroxylation is 1. The summed E-state index contributed by atoms with van der Waals surface area (Å²) in [5.41, 5.74) is 1.20. The molecule has 1 N–H and O–H groups in total. The molecule has 100 valence electrons. The molecule has 0 amide bonds. The van der Waals surface area contributed by atoms with Crippen molar-refractivity contribution in [2.75, 3.05) is 0 Å². The van der Waals surface area contributed by atoms with Gasteiger partial charge in [-0.2, -0.15) is 0 Å². The smallest absolute Gasteiger partial charge is 0.0963 e. The molecule has 1 saturated carbocycles. The van der Waals surface area contributed by atoms with Crippen LogP contribution in [-0.2, 0) is 6.42 Å². The molecule has 3 heteroatoms. The summed E-state index contributed by atoms with van der Waals surface area (Å²) >= 11 is 1.80. The van der Waals surface area contributed by atoms with Crippen molar-refractivity contribution in [2.24, 2.45) is 5.92 Å². The number of aliphatic hydroxyl groups excluding tert-OH is 1. The van der Waals surface area contributed by atoms with Gasteiger partial charge in [-0.25, -0.2) is 4.98 Å². The summed E-state index contributed by atoms with van der Waals surface area (Å²) in [7, 11) is 0. The third-order valence-electron chi connectivity index (χ3n) is 4.71. The summed E-state index contributed by atoms with van der Waals surface area (Å²) in [5, 5.41) is 11.3. The molecule has 0 aromatic carbocycles. The first-order chi connectivity index (χ1) is 8.78. The van der Waals surface area contributed by atoms with Gasteiger partial charge in [0.15, 0.2) is 0 Å². The number of hydrogen-bond donors (Lipinski definition) is 1. The molecule has 0 bridgehead atoms.